The normalized spacial score (nSPS) is 27.0. The van der Waals surface area contributed by atoms with Crippen molar-refractivity contribution in [1.82, 2.24) is 0 Å². The van der Waals surface area contributed by atoms with Crippen LogP contribution in [0.5, 0.6) is 0 Å². The summed E-state index contributed by atoms with van der Waals surface area (Å²) in [6.45, 7) is 3.19. The van der Waals surface area contributed by atoms with Gasteiger partial charge in [-0.1, -0.05) is 209 Å². The second kappa shape index (κ2) is 24.3. The summed E-state index contributed by atoms with van der Waals surface area (Å²) in [4.78, 5) is 14.6. The molecule has 14 nitrogen and oxygen atoms in total. The molecule has 5 N–H and O–H groups in total. The third-order valence-electron chi connectivity index (χ3n) is 15.4. The van der Waals surface area contributed by atoms with Crippen molar-refractivity contribution in [1.29, 1.82) is 0 Å². The molecule has 0 amide bonds. The average molecular weight is 1080 g/mol. The molecular weight excluding hydrogens is 1010 g/mol. The molecule has 0 aliphatic heterocycles. The maximum Gasteiger partial charge on any atom is 0.369 e. The molecule has 0 aromatic heterocycles. The molecule has 6 aromatic carbocycles. The van der Waals surface area contributed by atoms with Crippen molar-refractivity contribution in [2.75, 3.05) is 6.61 Å². The van der Waals surface area contributed by atoms with Crippen LogP contribution in [0.25, 0.3) is 0 Å². The van der Waals surface area contributed by atoms with Crippen LogP contribution < -0.4 is 0 Å². The molecule has 8 rings (SSSR count). The minimum Gasteiger partial charge on any atom is -0.455 e. The number of ether oxygens (including phenoxy) is 2. The van der Waals surface area contributed by atoms with Crippen molar-refractivity contribution in [3.63, 3.8) is 0 Å². The van der Waals surface area contributed by atoms with Gasteiger partial charge >= 0.3 is 21.2 Å². The number of benzene rings is 6. The minimum absolute atomic E-state index is 0.0863. The van der Waals surface area contributed by atoms with E-state index in [-0.39, 0.29) is 22.6 Å². The number of aliphatic hydroxyl groups excluding tert-OH is 1. The van der Waals surface area contributed by atoms with E-state index in [1.807, 2.05) is 0 Å². The second-order valence-corrected chi connectivity index (χ2v) is 25.1. The summed E-state index contributed by atoms with van der Waals surface area (Å²) in [6, 6.07) is 49.2. The predicted octanol–water partition coefficient (Wildman–Crippen LogP) is 10.5. The van der Waals surface area contributed by atoms with Crippen molar-refractivity contribution >= 4 is 21.2 Å². The summed E-state index contributed by atoms with van der Waals surface area (Å²) < 4.78 is 72.2. The Morgan fingerprint density at radius 1 is 0.539 bits per heavy atom. The minimum atomic E-state index is -6.03. The molecule has 404 valence electrons. The molecule has 6 aromatic rings. The molecule has 2 fully saturated rings. The highest BCUT2D eigenvalue weighted by atomic mass is 31.2. The van der Waals surface area contributed by atoms with Crippen LogP contribution in [0.15, 0.2) is 182 Å². The molecule has 2 aliphatic rings. The van der Waals surface area contributed by atoms with Gasteiger partial charge in [0.2, 0.25) is 10.7 Å². The summed E-state index contributed by atoms with van der Waals surface area (Å²) in [6.07, 6.45) is -4.43. The lowest BCUT2D eigenvalue weighted by Crippen LogP contribution is -2.88. The van der Waals surface area contributed by atoms with Crippen molar-refractivity contribution < 1.29 is 67.0 Å². The summed E-state index contributed by atoms with van der Waals surface area (Å²) >= 11 is 0. The molecule has 0 bridgehead atoms. The van der Waals surface area contributed by atoms with Crippen molar-refractivity contribution in [3.8, 4) is 0 Å². The van der Waals surface area contributed by atoms with Gasteiger partial charge in [0.15, 0.2) is 11.7 Å². The lowest BCUT2D eigenvalue weighted by atomic mass is 9.63. The van der Waals surface area contributed by atoms with E-state index >= 15 is 9.13 Å². The van der Waals surface area contributed by atoms with Crippen LogP contribution >= 0.6 is 15.2 Å². The molecule has 2 saturated carbocycles. The lowest BCUT2D eigenvalue weighted by molar-refractivity contribution is -0.341. The summed E-state index contributed by atoms with van der Waals surface area (Å²) in [5, 5.41) is 62.8. The van der Waals surface area contributed by atoms with E-state index in [0.717, 1.165) is 12.8 Å². The molecule has 2 aliphatic carbocycles. The number of esters is 1. The fourth-order valence-corrected chi connectivity index (χ4v) is 16.1. The van der Waals surface area contributed by atoms with E-state index in [9.17, 15) is 30.3 Å². The number of hydrogen-bond donors (Lipinski definition) is 5. The first-order valence-corrected chi connectivity index (χ1v) is 28.9. The first kappa shape index (κ1) is 57.0. The van der Waals surface area contributed by atoms with E-state index in [1.54, 1.807) is 158 Å². The topological polar surface area (TPSA) is 208 Å². The number of rotatable bonds is 23. The fraction of sp³-hybridized carbons (Fsp3) is 0.383. The third kappa shape index (κ3) is 11.7. The van der Waals surface area contributed by atoms with Crippen LogP contribution in [0.4, 0.5) is 0 Å². The van der Waals surface area contributed by atoms with Gasteiger partial charge in [0.25, 0.3) is 0 Å². The summed E-state index contributed by atoms with van der Waals surface area (Å²) in [7, 11) is -12.0. The largest absolute Gasteiger partial charge is 0.455 e. The van der Waals surface area contributed by atoms with Crippen molar-refractivity contribution in [2.45, 2.75) is 126 Å². The van der Waals surface area contributed by atoms with Crippen LogP contribution in [0.3, 0.4) is 0 Å². The van der Waals surface area contributed by atoms with E-state index in [0.29, 0.717) is 41.0 Å². The molecular formula is C60H70O14P2. The Bertz CT molecular complexity index is 2790. The predicted molar refractivity (Wildman–Crippen MR) is 287 cm³/mol. The Kier molecular flexibility index (Phi) is 18.2. The third-order valence-corrected chi connectivity index (χ3v) is 20.5. The van der Waals surface area contributed by atoms with Gasteiger partial charge in [0.1, 0.15) is 18.3 Å². The Morgan fingerprint density at radius 3 is 1.22 bits per heavy atom. The monoisotopic (exact) mass is 1080 g/mol. The Morgan fingerprint density at radius 2 is 0.868 bits per heavy atom. The van der Waals surface area contributed by atoms with Gasteiger partial charge in [-0.2, -0.15) is 0 Å². The van der Waals surface area contributed by atoms with Gasteiger partial charge < -0.3 is 53.1 Å². The van der Waals surface area contributed by atoms with Gasteiger partial charge in [0.05, 0.1) is 32.5 Å². The number of carbonyl (C=O) groups excluding carboxylic acids is 1. The highest BCUT2D eigenvalue weighted by Crippen LogP contribution is 2.81. The number of hydrogen-bond acceptors (Lipinski definition) is 14. The zero-order valence-corrected chi connectivity index (χ0v) is 45.0. The van der Waals surface area contributed by atoms with Gasteiger partial charge in [-0.15, -0.1) is 0 Å². The zero-order chi connectivity index (χ0) is 54.1. The smallest absolute Gasteiger partial charge is 0.369 e. The summed E-state index contributed by atoms with van der Waals surface area (Å²) in [5.74, 6) is -0.848. The van der Waals surface area contributed by atoms with Crippen LogP contribution in [0.2, 0.25) is 0 Å². The fourth-order valence-electron chi connectivity index (χ4n) is 10.7. The first-order chi connectivity index (χ1) is 36.4. The Labute approximate surface area is 445 Å². The van der Waals surface area contributed by atoms with Gasteiger partial charge in [-0.3, -0.25) is 9.13 Å². The van der Waals surface area contributed by atoms with Crippen LogP contribution in [0, 0.1) is 11.3 Å². The van der Waals surface area contributed by atoms with Crippen molar-refractivity contribution in [3.05, 3.63) is 215 Å². The second-order valence-electron chi connectivity index (χ2n) is 20.7. The lowest BCUT2D eigenvalue weighted by Gasteiger charge is -2.65. The average Bonchev–Trinajstić information content (AvgIpc) is 3.61. The van der Waals surface area contributed by atoms with Crippen LogP contribution in [0.1, 0.15) is 79.8 Å². The van der Waals surface area contributed by atoms with Gasteiger partial charge in [-0.05, 0) is 64.0 Å². The molecule has 76 heavy (non-hydrogen) atoms. The quantitative estimate of drug-likeness (QED) is 0.0299. The van der Waals surface area contributed by atoms with Gasteiger partial charge in [0, 0.05) is 12.8 Å². The standard InChI is InChI=1S/C60H70O14P2/c1-45(2)56(3)36-22-35-52(39-56)69-44-53(61)74-55-54(62)57(63,37-46-23-10-4-11-24-46)59(65,75(67,70-40-48-27-14-6-15-28-48)71-41-49-29-16-7-17-30-49)60(66,58(55,64)38-47-25-12-5-13-26-47)76(68,72-42-50-31-18-8-19-32-50)73-43-51-33-20-9-21-34-51/h4-21,23-34,45,52,54-55,62-66H,22,35-44H2,1-3H3/t52?,54-,55+,56?,57-,58-,59-,60-/m1/s1. The molecule has 16 heteroatoms. The van der Waals surface area contributed by atoms with E-state index in [1.165, 1.54) is 24.3 Å². The SMILES string of the molecule is CC(C)C1(C)CCCC(OCC(=O)O[C@H]2[C@@H](O)[C@](O)(Cc3ccccc3)[C@@](O)(P(=O)(OCc3ccccc3)OCc3ccccc3)[C@](O)(P(=O)(OCc3ccccc3)OCc3ccccc3)[C@@]2(O)Cc2ccccc2)C1. The maximum absolute atomic E-state index is 17.2. The maximum atomic E-state index is 17.2. The highest BCUT2D eigenvalue weighted by molar-refractivity contribution is 7.60. The van der Waals surface area contributed by atoms with E-state index in [4.69, 9.17) is 27.6 Å². The molecule has 2 unspecified atom stereocenters. The molecule has 0 radical (unpaired) electrons. The number of carbonyl (C=O) groups is 1. The molecule has 0 heterocycles. The Hall–Kier alpha value is -5.15. The molecule has 0 saturated heterocycles. The van der Waals surface area contributed by atoms with E-state index < -0.39 is 101 Å². The number of aliphatic hydroxyl groups is 5. The van der Waals surface area contributed by atoms with Crippen LogP contribution in [-0.4, -0.2) is 78.3 Å². The van der Waals surface area contributed by atoms with Gasteiger partial charge in [-0.25, -0.2) is 4.79 Å². The first-order valence-electron chi connectivity index (χ1n) is 25.8. The van der Waals surface area contributed by atoms with Crippen molar-refractivity contribution in [2.24, 2.45) is 11.3 Å². The van der Waals surface area contributed by atoms with Crippen LogP contribution in [-0.2, 0) is 80.8 Å². The zero-order valence-electron chi connectivity index (χ0n) is 43.2. The summed E-state index contributed by atoms with van der Waals surface area (Å²) in [5.41, 5.74) is -5.33. The van der Waals surface area contributed by atoms with E-state index in [2.05, 4.69) is 20.8 Å². The Balaban J connectivity index is 1.40. The molecule has 0 spiro atoms. The molecule has 8 atom stereocenters. The highest BCUT2D eigenvalue weighted by Gasteiger charge is 2.92.